The molecule has 0 fully saturated rings. The maximum absolute atomic E-state index is 12.6. The molecule has 0 aliphatic rings. The quantitative estimate of drug-likeness (QED) is 0.0266. The molecule has 0 saturated heterocycles. The van der Waals surface area contributed by atoms with E-state index in [0.717, 1.165) is 51.4 Å². The number of nitrogens with two attached hydrogens (primary N) is 1. The van der Waals surface area contributed by atoms with Crippen molar-refractivity contribution in [3.63, 3.8) is 0 Å². The van der Waals surface area contributed by atoms with Gasteiger partial charge in [0, 0.05) is 19.4 Å². The minimum Gasteiger partial charge on any atom is -0.462 e. The lowest BCUT2D eigenvalue weighted by atomic mass is 10.0. The average molecular weight is 826 g/mol. The van der Waals surface area contributed by atoms with E-state index in [9.17, 15) is 19.0 Å². The molecule has 0 bridgehead atoms. The molecule has 0 heterocycles. The third-order valence-corrected chi connectivity index (χ3v) is 11.0. The molecule has 0 aromatic rings. The zero-order valence-electron chi connectivity index (χ0n) is 36.8. The van der Waals surface area contributed by atoms with Gasteiger partial charge in [-0.3, -0.25) is 18.6 Å². The molecule has 0 aliphatic heterocycles. The molecule has 0 saturated carbocycles. The second-order valence-electron chi connectivity index (χ2n) is 15.6. The highest BCUT2D eigenvalue weighted by Crippen LogP contribution is 2.43. The molecule has 0 amide bonds. The van der Waals surface area contributed by atoms with E-state index in [1.54, 1.807) is 0 Å². The number of rotatable bonds is 44. The highest BCUT2D eigenvalue weighted by molar-refractivity contribution is 7.47. The summed E-state index contributed by atoms with van der Waals surface area (Å²) in [5.41, 5.74) is 5.35. The Kier molecular flexibility index (Phi) is 42.4. The Bertz CT molecular complexity index is 1030. The van der Waals surface area contributed by atoms with E-state index in [-0.39, 0.29) is 38.6 Å². The lowest BCUT2D eigenvalue weighted by Crippen LogP contribution is -2.29. The Morgan fingerprint density at radius 2 is 0.912 bits per heavy atom. The lowest BCUT2D eigenvalue weighted by Gasteiger charge is -2.19. The summed E-state index contributed by atoms with van der Waals surface area (Å²) in [6.07, 6.45) is 49.0. The van der Waals surface area contributed by atoms with Crippen molar-refractivity contribution in [3.8, 4) is 0 Å². The zero-order valence-corrected chi connectivity index (χ0v) is 37.7. The van der Waals surface area contributed by atoms with Gasteiger partial charge in [-0.1, -0.05) is 192 Å². The van der Waals surface area contributed by atoms with Crippen LogP contribution in [0.5, 0.6) is 0 Å². The van der Waals surface area contributed by atoms with Gasteiger partial charge in [-0.15, -0.1) is 0 Å². The smallest absolute Gasteiger partial charge is 0.462 e. The fourth-order valence-electron chi connectivity index (χ4n) is 6.52. The highest BCUT2D eigenvalue weighted by atomic mass is 31.2. The van der Waals surface area contributed by atoms with E-state index in [4.69, 9.17) is 24.3 Å². The summed E-state index contributed by atoms with van der Waals surface area (Å²) in [7, 11) is -4.39. The number of allylic oxidation sites excluding steroid dienone is 6. The number of unbranched alkanes of at least 4 members (excludes halogenated alkanes) is 25. The van der Waals surface area contributed by atoms with Crippen LogP contribution in [0.3, 0.4) is 0 Å². The van der Waals surface area contributed by atoms with Gasteiger partial charge in [-0.25, -0.2) is 4.57 Å². The summed E-state index contributed by atoms with van der Waals surface area (Å²) in [5, 5.41) is 0. The Labute approximate surface area is 350 Å². The van der Waals surface area contributed by atoms with Gasteiger partial charge >= 0.3 is 19.8 Å². The second kappa shape index (κ2) is 43.8. The minimum absolute atomic E-state index is 0.0478. The summed E-state index contributed by atoms with van der Waals surface area (Å²) in [4.78, 5) is 34.9. The number of esters is 2. The van der Waals surface area contributed by atoms with Crippen molar-refractivity contribution < 1.29 is 37.6 Å². The van der Waals surface area contributed by atoms with Gasteiger partial charge in [0.15, 0.2) is 6.10 Å². The lowest BCUT2D eigenvalue weighted by molar-refractivity contribution is -0.161. The molecule has 0 aliphatic carbocycles. The molecular formula is C47H88NO8P. The van der Waals surface area contributed by atoms with Crippen LogP contribution in [0.2, 0.25) is 0 Å². The van der Waals surface area contributed by atoms with Crippen LogP contribution in [-0.2, 0) is 32.7 Å². The molecule has 3 N–H and O–H groups in total. The van der Waals surface area contributed by atoms with E-state index in [1.165, 1.54) is 135 Å². The van der Waals surface area contributed by atoms with Crippen LogP contribution >= 0.6 is 7.82 Å². The number of carbonyl (C=O) groups is 2. The molecule has 9 nitrogen and oxygen atoms in total. The van der Waals surface area contributed by atoms with Crippen LogP contribution in [0.25, 0.3) is 0 Å². The Hall–Kier alpha value is -1.77. The second-order valence-corrected chi connectivity index (χ2v) is 17.1. The maximum Gasteiger partial charge on any atom is 0.472 e. The molecular weight excluding hydrogens is 737 g/mol. The fraction of sp³-hybridized carbons (Fsp3) is 0.830. The Balaban J connectivity index is 4.09. The Morgan fingerprint density at radius 3 is 1.39 bits per heavy atom. The zero-order chi connectivity index (χ0) is 41.8. The molecule has 0 aromatic carbocycles. The van der Waals surface area contributed by atoms with Crippen LogP contribution < -0.4 is 5.73 Å². The van der Waals surface area contributed by atoms with Crippen molar-refractivity contribution in [2.45, 2.75) is 225 Å². The summed E-state index contributed by atoms with van der Waals surface area (Å²) >= 11 is 0. The Morgan fingerprint density at radius 1 is 0.526 bits per heavy atom. The normalized spacial score (nSPS) is 13.5. The van der Waals surface area contributed by atoms with Gasteiger partial charge in [0.2, 0.25) is 0 Å². The SMILES string of the molecule is CCCCCC=CCC=CCC=CCCCCC(=O)O[C@H](COC(=O)CCCCCCCCCCCCCCCCCCCCCCC)COP(=O)(O)OCCN. The summed E-state index contributed by atoms with van der Waals surface area (Å²) in [6, 6.07) is 0. The van der Waals surface area contributed by atoms with Gasteiger partial charge in [0.05, 0.1) is 13.2 Å². The largest absolute Gasteiger partial charge is 0.472 e. The fourth-order valence-corrected chi connectivity index (χ4v) is 7.29. The van der Waals surface area contributed by atoms with Gasteiger partial charge in [-0.2, -0.15) is 0 Å². The molecule has 0 rings (SSSR count). The van der Waals surface area contributed by atoms with E-state index in [1.807, 2.05) is 0 Å². The third kappa shape index (κ3) is 43.6. The monoisotopic (exact) mass is 826 g/mol. The van der Waals surface area contributed by atoms with Crippen LogP contribution in [0.4, 0.5) is 0 Å². The first-order chi connectivity index (χ1) is 27.8. The van der Waals surface area contributed by atoms with E-state index < -0.39 is 26.5 Å². The molecule has 0 spiro atoms. The summed E-state index contributed by atoms with van der Waals surface area (Å²) in [6.45, 7) is 3.68. The molecule has 57 heavy (non-hydrogen) atoms. The van der Waals surface area contributed by atoms with Crippen molar-refractivity contribution in [3.05, 3.63) is 36.5 Å². The highest BCUT2D eigenvalue weighted by Gasteiger charge is 2.26. The molecule has 0 radical (unpaired) electrons. The standard InChI is InChI=1S/C47H88NO8P/c1-3-5-7-9-11-13-15-17-19-20-21-22-23-24-26-27-29-31-33-35-37-39-46(49)53-43-45(44-55-57(51,52)54-42-41-48)56-47(50)40-38-36-34-32-30-28-25-18-16-14-12-10-8-6-4-2/h12,14,18,25,30,32,45H,3-11,13,15-17,19-24,26-29,31,33-44,48H2,1-2H3,(H,51,52)/t45-/m1/s1. The van der Waals surface area contributed by atoms with Crippen molar-refractivity contribution in [1.82, 2.24) is 0 Å². The van der Waals surface area contributed by atoms with Gasteiger partial charge < -0.3 is 20.1 Å². The predicted octanol–water partition coefficient (Wildman–Crippen LogP) is 13.7. The van der Waals surface area contributed by atoms with Crippen molar-refractivity contribution in [1.29, 1.82) is 0 Å². The van der Waals surface area contributed by atoms with E-state index >= 15 is 0 Å². The van der Waals surface area contributed by atoms with E-state index in [2.05, 4.69) is 50.3 Å². The number of phosphoric ester groups is 1. The van der Waals surface area contributed by atoms with Crippen LogP contribution in [0.15, 0.2) is 36.5 Å². The predicted molar refractivity (Wildman–Crippen MR) is 238 cm³/mol. The molecule has 1 unspecified atom stereocenters. The number of carbonyl (C=O) groups excluding carboxylic acids is 2. The van der Waals surface area contributed by atoms with Crippen molar-refractivity contribution >= 4 is 19.8 Å². The number of hydrogen-bond acceptors (Lipinski definition) is 8. The summed E-state index contributed by atoms with van der Waals surface area (Å²) in [5.74, 6) is -0.866. The van der Waals surface area contributed by atoms with Gasteiger partial charge in [0.1, 0.15) is 6.61 Å². The summed E-state index contributed by atoms with van der Waals surface area (Å²) < 4.78 is 32.8. The molecule has 334 valence electrons. The number of ether oxygens (including phenoxy) is 2. The number of hydrogen-bond donors (Lipinski definition) is 2. The van der Waals surface area contributed by atoms with Crippen LogP contribution in [0, 0.1) is 0 Å². The maximum atomic E-state index is 12.6. The third-order valence-electron chi connectivity index (χ3n) is 10.0. The van der Waals surface area contributed by atoms with Gasteiger partial charge in [-0.05, 0) is 51.4 Å². The number of phosphoric acid groups is 1. The molecule has 0 aromatic heterocycles. The first-order valence-electron chi connectivity index (χ1n) is 23.5. The molecule has 10 heteroatoms. The average Bonchev–Trinajstić information content (AvgIpc) is 3.20. The van der Waals surface area contributed by atoms with Crippen molar-refractivity contribution in [2.24, 2.45) is 5.73 Å². The van der Waals surface area contributed by atoms with Crippen molar-refractivity contribution in [2.75, 3.05) is 26.4 Å². The first kappa shape index (κ1) is 55.2. The molecule has 2 atom stereocenters. The minimum atomic E-state index is -4.39. The topological polar surface area (TPSA) is 134 Å². The van der Waals surface area contributed by atoms with Crippen LogP contribution in [-0.4, -0.2) is 49.3 Å². The first-order valence-corrected chi connectivity index (χ1v) is 25.0. The van der Waals surface area contributed by atoms with Crippen LogP contribution in [0.1, 0.15) is 219 Å². The van der Waals surface area contributed by atoms with Gasteiger partial charge in [0.25, 0.3) is 0 Å². The van der Waals surface area contributed by atoms with E-state index in [0.29, 0.717) is 6.42 Å².